The van der Waals surface area contributed by atoms with Gasteiger partial charge in [-0.1, -0.05) is 20.8 Å². The van der Waals surface area contributed by atoms with Crippen LogP contribution in [0.4, 0.5) is 10.8 Å². The lowest BCUT2D eigenvalue weighted by atomic mass is 9.54. The molecule has 0 radical (unpaired) electrons. The lowest BCUT2D eigenvalue weighted by Crippen LogP contribution is -2.50. The Labute approximate surface area is 179 Å². The first-order valence-electron chi connectivity index (χ1n) is 10.6. The third-order valence-corrected chi connectivity index (χ3v) is 8.53. The van der Waals surface area contributed by atoms with Crippen LogP contribution in [0.2, 0.25) is 0 Å². The molecule has 3 aliphatic rings. The highest BCUT2D eigenvalue weighted by molar-refractivity contribution is 7.15. The lowest BCUT2D eigenvalue weighted by Gasteiger charge is -2.51. The Morgan fingerprint density at radius 2 is 2.00 bits per heavy atom. The monoisotopic (exact) mass is 426 g/mol. The van der Waals surface area contributed by atoms with Crippen molar-refractivity contribution in [3.05, 3.63) is 40.4 Å². The number of thiazole rings is 1. The quantitative estimate of drug-likeness (QED) is 0.683. The number of carbonyl (C=O) groups is 2. The average Bonchev–Trinajstić information content (AvgIpc) is 3.22. The molecule has 6 nitrogen and oxygen atoms in total. The van der Waals surface area contributed by atoms with Crippen LogP contribution in [0.5, 0.6) is 0 Å². The lowest BCUT2D eigenvalue weighted by molar-refractivity contribution is -0.149. The number of nitrogens with zero attached hydrogens (tertiary/aromatic N) is 1. The molecule has 2 aliphatic carbocycles. The van der Waals surface area contributed by atoms with Crippen molar-refractivity contribution < 1.29 is 19.4 Å². The van der Waals surface area contributed by atoms with Crippen molar-refractivity contribution in [1.29, 1.82) is 0 Å². The summed E-state index contributed by atoms with van der Waals surface area (Å²) in [4.78, 5) is 29.5. The van der Waals surface area contributed by atoms with Crippen LogP contribution in [-0.2, 0) is 16.0 Å². The molecule has 0 bridgehead atoms. The van der Waals surface area contributed by atoms with Gasteiger partial charge in [-0.05, 0) is 48.9 Å². The summed E-state index contributed by atoms with van der Waals surface area (Å²) in [5.41, 5.74) is 2.31. The van der Waals surface area contributed by atoms with Gasteiger partial charge in [0, 0.05) is 28.3 Å². The van der Waals surface area contributed by atoms with Crippen molar-refractivity contribution in [2.45, 2.75) is 52.1 Å². The number of anilines is 2. The van der Waals surface area contributed by atoms with Crippen molar-refractivity contribution in [2.24, 2.45) is 23.2 Å². The minimum atomic E-state index is -0.934. The number of nitrogens with one attached hydrogen (secondary N) is 1. The van der Waals surface area contributed by atoms with E-state index in [0.29, 0.717) is 11.8 Å². The van der Waals surface area contributed by atoms with Gasteiger partial charge in [0.1, 0.15) is 6.10 Å². The van der Waals surface area contributed by atoms with E-state index in [1.54, 1.807) is 35.6 Å². The van der Waals surface area contributed by atoms with Gasteiger partial charge < -0.3 is 15.2 Å². The van der Waals surface area contributed by atoms with Gasteiger partial charge in [-0.25, -0.2) is 9.78 Å². The van der Waals surface area contributed by atoms with Crippen LogP contribution in [0.25, 0.3) is 0 Å². The van der Waals surface area contributed by atoms with E-state index in [2.05, 4.69) is 19.2 Å². The predicted octanol–water partition coefficient (Wildman–Crippen LogP) is 4.84. The van der Waals surface area contributed by atoms with Gasteiger partial charge in [-0.15, -0.1) is 11.3 Å². The molecule has 1 aromatic carbocycles. The zero-order valence-corrected chi connectivity index (χ0v) is 18.2. The number of carbonyl (C=O) groups excluding carboxylic acids is 1. The fourth-order valence-electron chi connectivity index (χ4n) is 5.95. The molecule has 2 N–H and O–H groups in total. The van der Waals surface area contributed by atoms with Crippen molar-refractivity contribution in [1.82, 2.24) is 4.98 Å². The smallest absolute Gasteiger partial charge is 0.335 e. The molecule has 6 atom stereocenters. The first kappa shape index (κ1) is 19.5. The third kappa shape index (κ3) is 2.94. The number of aromatic carboxylic acids is 1. The van der Waals surface area contributed by atoms with Crippen LogP contribution < -0.4 is 5.32 Å². The second kappa shape index (κ2) is 6.80. The molecule has 0 spiro atoms. The van der Waals surface area contributed by atoms with Crippen LogP contribution in [0, 0.1) is 23.2 Å². The summed E-state index contributed by atoms with van der Waals surface area (Å²) in [5.74, 6) is -0.139. The summed E-state index contributed by atoms with van der Waals surface area (Å²) in [7, 11) is 0. The maximum atomic E-state index is 12.3. The second-order valence-corrected chi connectivity index (χ2v) is 10.5. The molecule has 0 unspecified atom stereocenters. The number of aromatic nitrogens is 1. The van der Waals surface area contributed by atoms with Crippen molar-refractivity contribution in [3.63, 3.8) is 0 Å². The first-order valence-corrected chi connectivity index (χ1v) is 11.4. The first-order chi connectivity index (χ1) is 14.3. The molecule has 2 aromatic rings. The maximum Gasteiger partial charge on any atom is 0.335 e. The molecule has 2 fully saturated rings. The summed E-state index contributed by atoms with van der Waals surface area (Å²) in [6, 6.07) is 6.70. The molecule has 158 valence electrons. The van der Waals surface area contributed by atoms with E-state index in [4.69, 9.17) is 14.8 Å². The van der Waals surface area contributed by atoms with Gasteiger partial charge in [-0.3, -0.25) is 4.79 Å². The van der Waals surface area contributed by atoms with Gasteiger partial charge in [0.05, 0.1) is 17.2 Å². The third-order valence-electron chi connectivity index (χ3n) is 7.54. The van der Waals surface area contributed by atoms with Crippen LogP contribution >= 0.6 is 11.3 Å². The van der Waals surface area contributed by atoms with Crippen molar-refractivity contribution >= 4 is 34.1 Å². The normalized spacial score (nSPS) is 34.5. The summed E-state index contributed by atoms with van der Waals surface area (Å²) in [6.45, 7) is 6.59. The van der Waals surface area contributed by atoms with Crippen molar-refractivity contribution in [3.8, 4) is 0 Å². The highest BCUT2D eigenvalue weighted by atomic mass is 32.1. The van der Waals surface area contributed by atoms with E-state index in [1.165, 1.54) is 4.88 Å². The Kier molecular flexibility index (Phi) is 4.43. The van der Waals surface area contributed by atoms with Crippen LogP contribution in [0.15, 0.2) is 24.3 Å². The summed E-state index contributed by atoms with van der Waals surface area (Å²) >= 11 is 1.68. The van der Waals surface area contributed by atoms with Gasteiger partial charge >= 0.3 is 11.9 Å². The predicted molar refractivity (Wildman–Crippen MR) is 114 cm³/mol. The molecule has 1 saturated heterocycles. The van der Waals surface area contributed by atoms with E-state index < -0.39 is 5.97 Å². The molecular formula is C23H26N2O4S. The number of hydrogen-bond acceptors (Lipinski definition) is 6. The molecule has 1 aromatic heterocycles. The molecular weight excluding hydrogens is 400 g/mol. The van der Waals surface area contributed by atoms with E-state index in [9.17, 15) is 9.59 Å². The fourth-order valence-corrected chi connectivity index (χ4v) is 7.24. The number of benzene rings is 1. The Bertz CT molecular complexity index is 1020. The summed E-state index contributed by atoms with van der Waals surface area (Å²) < 4.78 is 5.90. The standard InChI is InChI=1S/C23H26N2O4S/c1-11-15-8-9-23(3)10-16-18(12(2)17(23)19(15)29-21(11)28)25-22(30-16)24-14-6-4-13(5-7-14)20(26)27/h4-7,11-12,15,17,19H,8-10H2,1-3H3,(H,24,25)(H,26,27)/t11-,12+,15-,17+,19+,23+/m0/s1. The molecule has 1 aliphatic heterocycles. The minimum Gasteiger partial charge on any atom is -0.478 e. The molecule has 30 heavy (non-hydrogen) atoms. The highest BCUT2D eigenvalue weighted by Crippen LogP contribution is 2.59. The minimum absolute atomic E-state index is 0.00364. The van der Waals surface area contributed by atoms with Crippen LogP contribution in [0.1, 0.15) is 60.5 Å². The summed E-state index contributed by atoms with van der Waals surface area (Å²) in [5, 5.41) is 13.2. The second-order valence-electron chi connectivity index (χ2n) is 9.37. The van der Waals surface area contributed by atoms with E-state index in [-0.39, 0.29) is 34.9 Å². The fraction of sp³-hybridized carbons (Fsp3) is 0.522. The number of ether oxygens (including phenoxy) is 1. The Morgan fingerprint density at radius 1 is 1.27 bits per heavy atom. The Hall–Kier alpha value is -2.41. The van der Waals surface area contributed by atoms with E-state index in [0.717, 1.165) is 35.8 Å². The SMILES string of the molecule is C[C@@H]1C(=O)O[C@@H]2[C@H]1CC[C@]1(C)Cc3sc(Nc4ccc(C(=O)O)cc4)nc3[C@H](C)[C@H]21. The van der Waals surface area contributed by atoms with Crippen molar-refractivity contribution in [2.75, 3.05) is 5.32 Å². The Balaban J connectivity index is 1.43. The highest BCUT2D eigenvalue weighted by Gasteiger charge is 2.58. The zero-order chi connectivity index (χ0) is 21.2. The average molecular weight is 427 g/mol. The number of esters is 1. The van der Waals surface area contributed by atoms with E-state index >= 15 is 0 Å². The summed E-state index contributed by atoms with van der Waals surface area (Å²) in [6.07, 6.45) is 3.12. The number of hydrogen-bond donors (Lipinski definition) is 2. The maximum absolute atomic E-state index is 12.3. The number of fused-ring (bicyclic) bond motifs is 4. The largest absolute Gasteiger partial charge is 0.478 e. The van der Waals surface area contributed by atoms with Gasteiger partial charge in [0.15, 0.2) is 5.13 Å². The molecule has 5 rings (SSSR count). The molecule has 1 saturated carbocycles. The number of carboxylic acids is 1. The van der Waals surface area contributed by atoms with Gasteiger partial charge in [0.25, 0.3) is 0 Å². The molecule has 2 heterocycles. The zero-order valence-electron chi connectivity index (χ0n) is 17.3. The van der Waals surface area contributed by atoms with Gasteiger partial charge in [-0.2, -0.15) is 0 Å². The van der Waals surface area contributed by atoms with Crippen LogP contribution in [0.3, 0.4) is 0 Å². The Morgan fingerprint density at radius 3 is 2.70 bits per heavy atom. The topological polar surface area (TPSA) is 88.5 Å². The molecule has 0 amide bonds. The van der Waals surface area contributed by atoms with E-state index in [1.807, 2.05) is 6.92 Å². The van der Waals surface area contributed by atoms with Gasteiger partial charge in [0.2, 0.25) is 0 Å². The van der Waals surface area contributed by atoms with Crippen LogP contribution in [-0.4, -0.2) is 28.1 Å². The number of carboxylic acid groups (broad SMARTS) is 1. The molecule has 7 heteroatoms. The number of rotatable bonds is 3.